The van der Waals surface area contributed by atoms with Gasteiger partial charge in [0.1, 0.15) is 5.75 Å². The Morgan fingerprint density at radius 2 is 1.80 bits per heavy atom. The molecule has 0 radical (unpaired) electrons. The summed E-state index contributed by atoms with van der Waals surface area (Å²) in [6.45, 7) is 12.1. The van der Waals surface area contributed by atoms with E-state index in [2.05, 4.69) is 51.7 Å². The first-order chi connectivity index (χ1) is 9.36. The standard InChI is InChI=1S/C17H30N2O/c1-12(2)11-19(13(3)4)17(14(5)18)15-8-7-9-16(10-15)20-6/h7-10,12-14,17H,11,18H2,1-6H3. The van der Waals surface area contributed by atoms with E-state index in [4.69, 9.17) is 10.5 Å². The third kappa shape index (κ3) is 4.50. The van der Waals surface area contributed by atoms with Gasteiger partial charge in [-0.2, -0.15) is 0 Å². The van der Waals surface area contributed by atoms with Crippen molar-refractivity contribution in [2.45, 2.75) is 52.7 Å². The monoisotopic (exact) mass is 278 g/mol. The smallest absolute Gasteiger partial charge is 0.119 e. The first kappa shape index (κ1) is 17.0. The maximum absolute atomic E-state index is 6.29. The average molecular weight is 278 g/mol. The van der Waals surface area contributed by atoms with Gasteiger partial charge in [0.25, 0.3) is 0 Å². The Bertz CT molecular complexity index is 402. The molecule has 0 aromatic heterocycles. The second-order valence-electron chi connectivity index (χ2n) is 6.26. The Morgan fingerprint density at radius 3 is 2.25 bits per heavy atom. The summed E-state index contributed by atoms with van der Waals surface area (Å²) in [7, 11) is 1.70. The molecule has 0 fully saturated rings. The number of hydrogen-bond donors (Lipinski definition) is 1. The van der Waals surface area contributed by atoms with Crippen molar-refractivity contribution in [3.8, 4) is 5.75 Å². The zero-order valence-corrected chi connectivity index (χ0v) is 13.8. The van der Waals surface area contributed by atoms with Crippen LogP contribution in [-0.4, -0.2) is 30.6 Å². The van der Waals surface area contributed by atoms with E-state index in [1.165, 1.54) is 5.56 Å². The maximum Gasteiger partial charge on any atom is 0.119 e. The van der Waals surface area contributed by atoms with Gasteiger partial charge in [0.2, 0.25) is 0 Å². The number of ether oxygens (including phenoxy) is 1. The van der Waals surface area contributed by atoms with Crippen LogP contribution < -0.4 is 10.5 Å². The summed E-state index contributed by atoms with van der Waals surface area (Å²) < 4.78 is 5.35. The van der Waals surface area contributed by atoms with Crippen LogP contribution in [-0.2, 0) is 0 Å². The van der Waals surface area contributed by atoms with Gasteiger partial charge >= 0.3 is 0 Å². The van der Waals surface area contributed by atoms with E-state index >= 15 is 0 Å². The number of nitrogens with zero attached hydrogens (tertiary/aromatic N) is 1. The second-order valence-corrected chi connectivity index (χ2v) is 6.26. The highest BCUT2D eigenvalue weighted by Crippen LogP contribution is 2.29. The quantitative estimate of drug-likeness (QED) is 0.830. The SMILES string of the molecule is COc1cccc(C(C(C)N)N(CC(C)C)C(C)C)c1. The first-order valence-electron chi connectivity index (χ1n) is 7.52. The van der Waals surface area contributed by atoms with Crippen molar-refractivity contribution >= 4 is 0 Å². The molecule has 0 saturated heterocycles. The van der Waals surface area contributed by atoms with Crippen LogP contribution in [0.3, 0.4) is 0 Å². The molecule has 2 N–H and O–H groups in total. The van der Waals surface area contributed by atoms with Gasteiger partial charge < -0.3 is 10.5 Å². The van der Waals surface area contributed by atoms with Gasteiger partial charge in [-0.05, 0) is 44.4 Å². The number of nitrogens with two attached hydrogens (primary N) is 1. The molecule has 1 aromatic rings. The summed E-state index contributed by atoms with van der Waals surface area (Å²) in [6.07, 6.45) is 0. The summed E-state index contributed by atoms with van der Waals surface area (Å²) in [6, 6.07) is 9.01. The Hall–Kier alpha value is -1.06. The van der Waals surface area contributed by atoms with Crippen LogP contribution in [0.5, 0.6) is 5.75 Å². The van der Waals surface area contributed by atoms with Gasteiger partial charge in [0, 0.05) is 18.6 Å². The van der Waals surface area contributed by atoms with Gasteiger partial charge in [0.15, 0.2) is 0 Å². The molecule has 0 bridgehead atoms. The molecule has 2 unspecified atom stereocenters. The van der Waals surface area contributed by atoms with Crippen molar-refractivity contribution < 1.29 is 4.74 Å². The van der Waals surface area contributed by atoms with E-state index in [-0.39, 0.29) is 12.1 Å². The predicted molar refractivity (Wildman–Crippen MR) is 86.1 cm³/mol. The average Bonchev–Trinajstić information content (AvgIpc) is 2.37. The molecule has 114 valence electrons. The molecule has 1 aromatic carbocycles. The maximum atomic E-state index is 6.29. The van der Waals surface area contributed by atoms with Crippen LogP contribution >= 0.6 is 0 Å². The summed E-state index contributed by atoms with van der Waals surface area (Å²) in [5.41, 5.74) is 7.52. The van der Waals surface area contributed by atoms with Crippen molar-refractivity contribution in [1.29, 1.82) is 0 Å². The zero-order valence-electron chi connectivity index (χ0n) is 13.8. The van der Waals surface area contributed by atoms with E-state index in [0.717, 1.165) is 12.3 Å². The van der Waals surface area contributed by atoms with Crippen molar-refractivity contribution in [3.63, 3.8) is 0 Å². The number of rotatable bonds is 7. The van der Waals surface area contributed by atoms with Gasteiger partial charge in [-0.15, -0.1) is 0 Å². The van der Waals surface area contributed by atoms with Crippen molar-refractivity contribution in [3.05, 3.63) is 29.8 Å². The van der Waals surface area contributed by atoms with Crippen molar-refractivity contribution in [2.24, 2.45) is 11.7 Å². The molecule has 2 atom stereocenters. The number of benzene rings is 1. The molecule has 0 saturated carbocycles. The molecular weight excluding hydrogens is 248 g/mol. The summed E-state index contributed by atoms with van der Waals surface area (Å²) in [4.78, 5) is 2.49. The molecule has 0 amide bonds. The van der Waals surface area contributed by atoms with Crippen LogP contribution in [0.15, 0.2) is 24.3 Å². The summed E-state index contributed by atoms with van der Waals surface area (Å²) >= 11 is 0. The number of methoxy groups -OCH3 is 1. The lowest BCUT2D eigenvalue weighted by atomic mass is 9.96. The van der Waals surface area contributed by atoms with Gasteiger partial charge in [0.05, 0.1) is 13.2 Å². The molecule has 1 rings (SSSR count). The Balaban J connectivity index is 3.13. The van der Waals surface area contributed by atoms with E-state index in [1.54, 1.807) is 7.11 Å². The molecule has 3 heteroatoms. The van der Waals surface area contributed by atoms with Crippen LogP contribution in [0.1, 0.15) is 46.2 Å². The van der Waals surface area contributed by atoms with E-state index in [1.807, 2.05) is 12.1 Å². The Kier molecular flexibility index (Phi) is 6.50. The highest BCUT2D eigenvalue weighted by molar-refractivity contribution is 5.31. The fourth-order valence-electron chi connectivity index (χ4n) is 2.69. The topological polar surface area (TPSA) is 38.5 Å². The van der Waals surface area contributed by atoms with E-state index < -0.39 is 0 Å². The minimum atomic E-state index is 0.0725. The van der Waals surface area contributed by atoms with Gasteiger partial charge in [-0.3, -0.25) is 4.90 Å². The lowest BCUT2D eigenvalue weighted by Crippen LogP contribution is -2.44. The zero-order chi connectivity index (χ0) is 15.3. The van der Waals surface area contributed by atoms with Crippen LogP contribution in [0.2, 0.25) is 0 Å². The van der Waals surface area contributed by atoms with Crippen LogP contribution in [0, 0.1) is 5.92 Å². The third-order valence-electron chi connectivity index (χ3n) is 3.53. The summed E-state index contributed by atoms with van der Waals surface area (Å²) in [5.74, 6) is 1.51. The second kappa shape index (κ2) is 7.65. The minimum Gasteiger partial charge on any atom is -0.497 e. The van der Waals surface area contributed by atoms with Crippen molar-refractivity contribution in [1.82, 2.24) is 4.90 Å². The molecule has 0 aliphatic heterocycles. The Labute approximate surface area is 124 Å². The molecular formula is C17H30N2O. The highest BCUT2D eigenvalue weighted by Gasteiger charge is 2.27. The summed E-state index contributed by atoms with van der Waals surface area (Å²) in [5, 5.41) is 0. The number of hydrogen-bond acceptors (Lipinski definition) is 3. The van der Waals surface area contributed by atoms with Gasteiger partial charge in [-0.25, -0.2) is 0 Å². The fourth-order valence-corrected chi connectivity index (χ4v) is 2.69. The first-order valence-corrected chi connectivity index (χ1v) is 7.52. The largest absolute Gasteiger partial charge is 0.497 e. The lowest BCUT2D eigenvalue weighted by molar-refractivity contribution is 0.119. The van der Waals surface area contributed by atoms with Crippen molar-refractivity contribution in [2.75, 3.05) is 13.7 Å². The molecule has 0 aliphatic carbocycles. The molecule has 0 spiro atoms. The van der Waals surface area contributed by atoms with E-state index in [9.17, 15) is 0 Å². The van der Waals surface area contributed by atoms with Crippen LogP contribution in [0.4, 0.5) is 0 Å². The molecule has 20 heavy (non-hydrogen) atoms. The minimum absolute atomic E-state index is 0.0725. The van der Waals surface area contributed by atoms with E-state index in [0.29, 0.717) is 12.0 Å². The normalized spacial score (nSPS) is 14.9. The van der Waals surface area contributed by atoms with Gasteiger partial charge in [-0.1, -0.05) is 26.0 Å². The highest BCUT2D eigenvalue weighted by atomic mass is 16.5. The fraction of sp³-hybridized carbons (Fsp3) is 0.647. The third-order valence-corrected chi connectivity index (χ3v) is 3.53. The lowest BCUT2D eigenvalue weighted by Gasteiger charge is -2.38. The Morgan fingerprint density at radius 1 is 1.15 bits per heavy atom. The molecule has 0 aliphatic rings. The molecule has 0 heterocycles. The predicted octanol–water partition coefficient (Wildman–Crippen LogP) is 3.45. The molecule has 3 nitrogen and oxygen atoms in total. The van der Waals surface area contributed by atoms with Crippen LogP contribution in [0.25, 0.3) is 0 Å².